The van der Waals surface area contributed by atoms with Crippen LogP contribution in [0.2, 0.25) is 0 Å². The monoisotopic (exact) mass is 399 g/mol. The summed E-state index contributed by atoms with van der Waals surface area (Å²) in [5.74, 6) is 2.19. The third-order valence-electron chi connectivity index (χ3n) is 6.52. The molecule has 0 amide bonds. The van der Waals surface area contributed by atoms with Crippen LogP contribution in [0.5, 0.6) is 0 Å². The van der Waals surface area contributed by atoms with Gasteiger partial charge in [0.15, 0.2) is 5.82 Å². The van der Waals surface area contributed by atoms with E-state index in [9.17, 15) is 0 Å². The van der Waals surface area contributed by atoms with Crippen molar-refractivity contribution in [2.45, 2.75) is 39.5 Å². The van der Waals surface area contributed by atoms with Gasteiger partial charge in [-0.15, -0.1) is 5.10 Å². The van der Waals surface area contributed by atoms with Crippen LogP contribution in [0.4, 0.5) is 11.6 Å². The van der Waals surface area contributed by atoms with Crippen LogP contribution in [0.1, 0.15) is 39.9 Å². The average Bonchev–Trinajstić information content (AvgIpc) is 3.27. The molecular weight excluding hydrogens is 370 g/mol. The summed E-state index contributed by atoms with van der Waals surface area (Å²) in [6, 6.07) is 12.9. The number of aryl methyl sites for hydroxylation is 2. The highest BCUT2D eigenvalue weighted by Crippen LogP contribution is 2.33. The molecule has 5 rings (SSSR count). The predicted octanol–water partition coefficient (Wildman–Crippen LogP) is 3.89. The zero-order chi connectivity index (χ0) is 20.5. The highest BCUT2D eigenvalue weighted by molar-refractivity contribution is 5.55. The van der Waals surface area contributed by atoms with Crippen molar-refractivity contribution in [3.8, 4) is 0 Å². The Morgan fingerprint density at radius 1 is 0.833 bits per heavy atom. The van der Waals surface area contributed by atoms with Crippen molar-refractivity contribution in [2.75, 3.05) is 36.0 Å². The summed E-state index contributed by atoms with van der Waals surface area (Å²) < 4.78 is 0. The lowest BCUT2D eigenvalue weighted by Gasteiger charge is -2.36. The fraction of sp³-hybridized carbons (Fsp3) is 0.400. The van der Waals surface area contributed by atoms with Crippen molar-refractivity contribution >= 4 is 11.6 Å². The van der Waals surface area contributed by atoms with E-state index in [1.807, 2.05) is 6.20 Å². The molecule has 0 bridgehead atoms. The number of piperazine rings is 1. The van der Waals surface area contributed by atoms with Crippen molar-refractivity contribution in [2.24, 2.45) is 0 Å². The van der Waals surface area contributed by atoms with E-state index >= 15 is 0 Å². The number of anilines is 2. The molecule has 0 unspecified atom stereocenters. The first-order valence-corrected chi connectivity index (χ1v) is 11.0. The Morgan fingerprint density at radius 2 is 1.60 bits per heavy atom. The van der Waals surface area contributed by atoms with E-state index in [1.165, 1.54) is 39.9 Å². The second-order valence-corrected chi connectivity index (χ2v) is 8.55. The van der Waals surface area contributed by atoms with Crippen LogP contribution in [-0.2, 0) is 19.3 Å². The molecule has 5 nitrogen and oxygen atoms in total. The van der Waals surface area contributed by atoms with Gasteiger partial charge in [-0.05, 0) is 61.4 Å². The van der Waals surface area contributed by atoms with Crippen LogP contribution in [-0.4, -0.2) is 41.4 Å². The Labute approximate surface area is 178 Å². The first kappa shape index (κ1) is 19.0. The van der Waals surface area contributed by atoms with Gasteiger partial charge in [0.1, 0.15) is 5.82 Å². The van der Waals surface area contributed by atoms with Gasteiger partial charge in [0.05, 0.1) is 5.69 Å². The molecule has 1 aliphatic carbocycles. The lowest BCUT2D eigenvalue weighted by atomic mass is 10.00. The number of pyridine rings is 1. The van der Waals surface area contributed by atoms with E-state index in [1.54, 1.807) is 0 Å². The van der Waals surface area contributed by atoms with Gasteiger partial charge in [-0.1, -0.05) is 30.3 Å². The van der Waals surface area contributed by atoms with E-state index in [-0.39, 0.29) is 0 Å². The highest BCUT2D eigenvalue weighted by atomic mass is 15.3. The Kier molecular flexibility index (Phi) is 5.11. The number of hydrogen-bond donors (Lipinski definition) is 0. The largest absolute Gasteiger partial charge is 0.353 e. The number of nitrogens with zero attached hydrogens (tertiary/aromatic N) is 5. The molecule has 3 heterocycles. The molecule has 1 fully saturated rings. The molecule has 1 aliphatic heterocycles. The number of aromatic nitrogens is 3. The molecule has 2 aliphatic rings. The summed E-state index contributed by atoms with van der Waals surface area (Å²) in [6.45, 7) is 8.13. The molecule has 5 heteroatoms. The van der Waals surface area contributed by atoms with Gasteiger partial charge in [0.25, 0.3) is 0 Å². The zero-order valence-electron chi connectivity index (χ0n) is 17.9. The maximum atomic E-state index is 4.75. The number of rotatable bonds is 4. The fourth-order valence-electron chi connectivity index (χ4n) is 4.72. The first-order valence-electron chi connectivity index (χ1n) is 11.0. The Morgan fingerprint density at radius 3 is 2.37 bits per heavy atom. The summed E-state index contributed by atoms with van der Waals surface area (Å²) >= 11 is 0. The Bertz CT molecular complexity index is 1040. The average molecular weight is 400 g/mol. The second kappa shape index (κ2) is 8.05. The quantitative estimate of drug-likeness (QED) is 0.666. The molecule has 0 spiro atoms. The summed E-state index contributed by atoms with van der Waals surface area (Å²) in [6.07, 6.45) is 6.30. The van der Waals surface area contributed by atoms with Crippen molar-refractivity contribution in [1.29, 1.82) is 0 Å². The van der Waals surface area contributed by atoms with Gasteiger partial charge < -0.3 is 9.80 Å². The van der Waals surface area contributed by atoms with Crippen LogP contribution < -0.4 is 9.80 Å². The van der Waals surface area contributed by atoms with Gasteiger partial charge in [0, 0.05) is 44.4 Å². The standard InChI is InChI=1S/C25H29N5/c1-18-10-11-24(26-17-18)29-12-14-30(15-13-29)25-22-9-5-8-21(22)23(27-28-25)16-20-7-4-3-6-19(20)2/h3-4,6-7,10-11,17H,5,8-9,12-16H2,1-2H3. The third kappa shape index (κ3) is 3.64. The molecule has 0 radical (unpaired) electrons. The van der Waals surface area contributed by atoms with Gasteiger partial charge >= 0.3 is 0 Å². The van der Waals surface area contributed by atoms with E-state index in [0.29, 0.717) is 0 Å². The highest BCUT2D eigenvalue weighted by Gasteiger charge is 2.27. The molecule has 1 saturated heterocycles. The molecule has 0 N–H and O–H groups in total. The molecular formula is C25H29N5. The molecule has 1 aromatic carbocycles. The third-order valence-corrected chi connectivity index (χ3v) is 6.52. The normalized spacial score (nSPS) is 16.1. The lowest BCUT2D eigenvalue weighted by Crippen LogP contribution is -2.47. The van der Waals surface area contributed by atoms with Crippen LogP contribution in [0.25, 0.3) is 0 Å². The lowest BCUT2D eigenvalue weighted by molar-refractivity contribution is 0.634. The van der Waals surface area contributed by atoms with Crippen molar-refractivity contribution in [1.82, 2.24) is 15.2 Å². The molecule has 2 aromatic heterocycles. The number of hydrogen-bond acceptors (Lipinski definition) is 5. The Hall–Kier alpha value is -2.95. The molecule has 0 atom stereocenters. The van der Waals surface area contributed by atoms with Gasteiger partial charge in [-0.25, -0.2) is 4.98 Å². The predicted molar refractivity (Wildman–Crippen MR) is 121 cm³/mol. The van der Waals surface area contributed by atoms with E-state index in [2.05, 4.69) is 65.0 Å². The van der Waals surface area contributed by atoms with Gasteiger partial charge in [-0.2, -0.15) is 5.10 Å². The summed E-state index contributed by atoms with van der Waals surface area (Å²) in [4.78, 5) is 9.40. The van der Waals surface area contributed by atoms with Crippen LogP contribution in [0, 0.1) is 13.8 Å². The second-order valence-electron chi connectivity index (χ2n) is 8.55. The van der Waals surface area contributed by atoms with Crippen molar-refractivity contribution in [3.05, 3.63) is 76.1 Å². The van der Waals surface area contributed by atoms with Gasteiger partial charge in [-0.3, -0.25) is 0 Å². The van der Waals surface area contributed by atoms with E-state index in [0.717, 1.165) is 57.1 Å². The maximum absolute atomic E-state index is 4.75. The minimum absolute atomic E-state index is 0.884. The van der Waals surface area contributed by atoms with Crippen molar-refractivity contribution < 1.29 is 0 Å². The Balaban J connectivity index is 1.34. The SMILES string of the molecule is Cc1ccc(N2CCN(c3nnc(Cc4ccccc4C)c4c3CCC4)CC2)nc1. The maximum Gasteiger partial charge on any atom is 0.154 e. The summed E-state index contributed by atoms with van der Waals surface area (Å²) in [5, 5.41) is 9.48. The molecule has 3 aromatic rings. The zero-order valence-corrected chi connectivity index (χ0v) is 17.9. The van der Waals surface area contributed by atoms with Gasteiger partial charge in [0.2, 0.25) is 0 Å². The first-order chi connectivity index (χ1) is 14.7. The van der Waals surface area contributed by atoms with Crippen molar-refractivity contribution in [3.63, 3.8) is 0 Å². The fourth-order valence-corrected chi connectivity index (χ4v) is 4.72. The number of fused-ring (bicyclic) bond motifs is 1. The van der Waals surface area contributed by atoms with Crippen LogP contribution in [0.15, 0.2) is 42.6 Å². The molecule has 0 saturated carbocycles. The summed E-state index contributed by atoms with van der Waals surface area (Å²) in [7, 11) is 0. The molecule has 154 valence electrons. The molecule has 30 heavy (non-hydrogen) atoms. The minimum Gasteiger partial charge on any atom is -0.353 e. The minimum atomic E-state index is 0.884. The topological polar surface area (TPSA) is 45.2 Å². The van der Waals surface area contributed by atoms with Crippen LogP contribution >= 0.6 is 0 Å². The van der Waals surface area contributed by atoms with Crippen LogP contribution in [0.3, 0.4) is 0 Å². The van der Waals surface area contributed by atoms with E-state index < -0.39 is 0 Å². The summed E-state index contributed by atoms with van der Waals surface area (Å²) in [5.41, 5.74) is 7.95. The van der Waals surface area contributed by atoms with E-state index in [4.69, 9.17) is 10.2 Å². The number of benzene rings is 1. The smallest absolute Gasteiger partial charge is 0.154 e.